The fourth-order valence-electron chi connectivity index (χ4n) is 3.62. The number of rotatable bonds is 9. The number of hydrogen-bond acceptors (Lipinski definition) is 6. The van der Waals surface area contributed by atoms with E-state index in [-0.39, 0.29) is 25.0 Å². The summed E-state index contributed by atoms with van der Waals surface area (Å²) < 4.78 is 15.8. The van der Waals surface area contributed by atoms with E-state index < -0.39 is 29.3 Å². The van der Waals surface area contributed by atoms with Gasteiger partial charge in [-0.3, -0.25) is 4.79 Å². The van der Waals surface area contributed by atoms with Crippen molar-refractivity contribution in [1.82, 2.24) is 10.6 Å². The Hall–Kier alpha value is -1.83. The summed E-state index contributed by atoms with van der Waals surface area (Å²) in [6, 6.07) is -1.02. The zero-order chi connectivity index (χ0) is 23.7. The van der Waals surface area contributed by atoms with Crippen molar-refractivity contribution in [2.24, 2.45) is 5.92 Å². The molecule has 2 N–H and O–H groups in total. The summed E-state index contributed by atoms with van der Waals surface area (Å²) in [5.41, 5.74) is -1.03. The summed E-state index contributed by atoms with van der Waals surface area (Å²) in [5, 5.41) is 5.68. The number of hydrogen-bond donors (Lipinski definition) is 2. The number of alkyl carbamates (subject to hydrolysis) is 1. The average Bonchev–Trinajstić information content (AvgIpc) is 2.66. The largest absolute Gasteiger partial charge is 0.467 e. The molecule has 0 saturated heterocycles. The second-order valence-electron chi connectivity index (χ2n) is 10.3. The van der Waals surface area contributed by atoms with E-state index in [0.29, 0.717) is 12.3 Å². The Kier molecular flexibility index (Phi) is 10.8. The van der Waals surface area contributed by atoms with Crippen LogP contribution in [0.5, 0.6) is 0 Å². The van der Waals surface area contributed by atoms with Gasteiger partial charge in [0, 0.05) is 12.5 Å². The van der Waals surface area contributed by atoms with Gasteiger partial charge in [0.25, 0.3) is 0 Å². The molecule has 31 heavy (non-hydrogen) atoms. The molecule has 1 saturated carbocycles. The monoisotopic (exact) mass is 442 g/mol. The SMILES string of the molecule is COC(=O)C(COC(C)(C)C)NC(=O)CC[C@H](NC(=O)OC(C)(C)C)C1CCCCC1. The molecule has 8 heteroatoms. The first-order chi connectivity index (χ1) is 14.3. The third kappa shape index (κ3) is 12.0. The number of methoxy groups -OCH3 is 1. The van der Waals surface area contributed by atoms with Crippen molar-refractivity contribution < 1.29 is 28.6 Å². The van der Waals surface area contributed by atoms with E-state index in [0.717, 1.165) is 25.7 Å². The lowest BCUT2D eigenvalue weighted by atomic mass is 9.82. The number of carbonyl (C=O) groups excluding carboxylic acids is 3. The molecule has 1 aliphatic rings. The first-order valence-corrected chi connectivity index (χ1v) is 11.3. The molecule has 2 atom stereocenters. The van der Waals surface area contributed by atoms with Crippen LogP contribution in [0, 0.1) is 5.92 Å². The zero-order valence-electron chi connectivity index (χ0n) is 20.3. The number of ether oxygens (including phenoxy) is 3. The Morgan fingerprint density at radius 1 is 0.935 bits per heavy atom. The first kappa shape index (κ1) is 27.2. The minimum absolute atomic E-state index is 0.0319. The quantitative estimate of drug-likeness (QED) is 0.528. The van der Waals surface area contributed by atoms with Gasteiger partial charge in [0.05, 0.1) is 19.3 Å². The number of carbonyl (C=O) groups is 3. The summed E-state index contributed by atoms with van der Waals surface area (Å²) in [5.74, 6) is -0.511. The molecule has 0 radical (unpaired) electrons. The summed E-state index contributed by atoms with van der Waals surface area (Å²) in [6.45, 7) is 11.1. The second kappa shape index (κ2) is 12.3. The topological polar surface area (TPSA) is 103 Å². The maximum absolute atomic E-state index is 12.6. The highest BCUT2D eigenvalue weighted by atomic mass is 16.6. The highest BCUT2D eigenvalue weighted by Crippen LogP contribution is 2.28. The molecule has 1 aliphatic carbocycles. The third-order valence-corrected chi connectivity index (χ3v) is 5.11. The zero-order valence-corrected chi connectivity index (χ0v) is 20.3. The van der Waals surface area contributed by atoms with E-state index in [2.05, 4.69) is 10.6 Å². The van der Waals surface area contributed by atoms with Crippen molar-refractivity contribution in [3.05, 3.63) is 0 Å². The van der Waals surface area contributed by atoms with Crippen molar-refractivity contribution >= 4 is 18.0 Å². The second-order valence-corrected chi connectivity index (χ2v) is 10.3. The smallest absolute Gasteiger partial charge is 0.407 e. The molecular weight excluding hydrogens is 400 g/mol. The van der Waals surface area contributed by atoms with Gasteiger partial charge in [0.15, 0.2) is 6.04 Å². The van der Waals surface area contributed by atoms with Crippen LogP contribution in [0.25, 0.3) is 0 Å². The molecule has 0 heterocycles. The number of amides is 2. The van der Waals surface area contributed by atoms with Crippen molar-refractivity contribution in [3.63, 3.8) is 0 Å². The Labute approximate surface area is 187 Å². The van der Waals surface area contributed by atoms with Crippen LogP contribution in [-0.2, 0) is 23.8 Å². The minimum Gasteiger partial charge on any atom is -0.467 e. The Morgan fingerprint density at radius 3 is 2.06 bits per heavy atom. The summed E-state index contributed by atoms with van der Waals surface area (Å²) >= 11 is 0. The highest BCUT2D eigenvalue weighted by Gasteiger charge is 2.29. The molecule has 0 aromatic carbocycles. The van der Waals surface area contributed by atoms with E-state index in [1.54, 1.807) is 0 Å². The van der Waals surface area contributed by atoms with Gasteiger partial charge in [-0.1, -0.05) is 19.3 Å². The van der Waals surface area contributed by atoms with Crippen LogP contribution in [0.4, 0.5) is 4.79 Å². The maximum atomic E-state index is 12.6. The van der Waals surface area contributed by atoms with Gasteiger partial charge in [-0.2, -0.15) is 0 Å². The molecule has 8 nitrogen and oxygen atoms in total. The number of nitrogens with one attached hydrogen (secondary N) is 2. The lowest BCUT2D eigenvalue weighted by Crippen LogP contribution is -2.47. The van der Waals surface area contributed by atoms with Crippen molar-refractivity contribution in [3.8, 4) is 0 Å². The molecule has 0 aromatic heterocycles. The normalized spacial score (nSPS) is 17.4. The lowest BCUT2D eigenvalue weighted by molar-refractivity contribution is -0.148. The Morgan fingerprint density at radius 2 is 1.55 bits per heavy atom. The van der Waals surface area contributed by atoms with Gasteiger partial charge in [0.1, 0.15) is 5.60 Å². The van der Waals surface area contributed by atoms with E-state index in [1.807, 2.05) is 41.5 Å². The van der Waals surface area contributed by atoms with Crippen LogP contribution in [0.3, 0.4) is 0 Å². The molecular formula is C23H42N2O6. The maximum Gasteiger partial charge on any atom is 0.407 e. The molecule has 0 bridgehead atoms. The summed E-state index contributed by atoms with van der Waals surface area (Å²) in [6.07, 6.45) is 5.68. The third-order valence-electron chi connectivity index (χ3n) is 5.11. The van der Waals surface area contributed by atoms with Gasteiger partial charge in [-0.05, 0) is 66.7 Å². The molecule has 180 valence electrons. The van der Waals surface area contributed by atoms with Crippen LogP contribution in [0.15, 0.2) is 0 Å². The standard InChI is InChI=1S/C23H42N2O6/c1-22(2,3)30-15-18(20(27)29-7)24-19(26)14-13-17(16-11-9-8-10-12-16)25-21(28)31-23(4,5)6/h16-18H,8-15H2,1-7H3,(H,24,26)(H,25,28)/t17-,18?/m0/s1. The highest BCUT2D eigenvalue weighted by molar-refractivity contribution is 5.84. The fourth-order valence-corrected chi connectivity index (χ4v) is 3.62. The number of esters is 1. The molecule has 1 rings (SSSR count). The first-order valence-electron chi connectivity index (χ1n) is 11.3. The van der Waals surface area contributed by atoms with E-state index in [4.69, 9.17) is 14.2 Å². The lowest BCUT2D eigenvalue weighted by Gasteiger charge is -2.32. The van der Waals surface area contributed by atoms with Crippen LogP contribution < -0.4 is 10.6 Å². The van der Waals surface area contributed by atoms with E-state index in [1.165, 1.54) is 13.5 Å². The van der Waals surface area contributed by atoms with Crippen molar-refractivity contribution in [2.45, 2.75) is 110 Å². The van der Waals surface area contributed by atoms with Gasteiger partial charge < -0.3 is 24.8 Å². The molecule has 0 spiro atoms. The van der Waals surface area contributed by atoms with E-state index >= 15 is 0 Å². The van der Waals surface area contributed by atoms with E-state index in [9.17, 15) is 14.4 Å². The molecule has 0 aromatic rings. The summed E-state index contributed by atoms with van der Waals surface area (Å²) in [7, 11) is 1.28. The Balaban J connectivity index is 2.70. The van der Waals surface area contributed by atoms with Gasteiger partial charge >= 0.3 is 12.1 Å². The minimum atomic E-state index is -0.872. The van der Waals surface area contributed by atoms with Crippen molar-refractivity contribution in [2.75, 3.05) is 13.7 Å². The van der Waals surface area contributed by atoms with Gasteiger partial charge in [0.2, 0.25) is 5.91 Å². The fraction of sp³-hybridized carbons (Fsp3) is 0.870. The molecule has 2 amide bonds. The summed E-state index contributed by atoms with van der Waals surface area (Å²) in [4.78, 5) is 36.9. The molecule has 0 aliphatic heterocycles. The predicted octanol–water partition coefficient (Wildman–Crippen LogP) is 3.71. The van der Waals surface area contributed by atoms with Crippen LogP contribution in [0.1, 0.15) is 86.5 Å². The van der Waals surface area contributed by atoms with Crippen LogP contribution in [0.2, 0.25) is 0 Å². The van der Waals surface area contributed by atoms with Gasteiger partial charge in [-0.15, -0.1) is 0 Å². The van der Waals surface area contributed by atoms with Crippen molar-refractivity contribution in [1.29, 1.82) is 0 Å². The predicted molar refractivity (Wildman–Crippen MR) is 119 cm³/mol. The Bertz CT molecular complexity index is 588. The molecule has 1 fully saturated rings. The average molecular weight is 443 g/mol. The molecule has 1 unspecified atom stereocenters. The van der Waals surface area contributed by atoms with Gasteiger partial charge in [-0.25, -0.2) is 9.59 Å². The van der Waals surface area contributed by atoms with Crippen LogP contribution in [-0.4, -0.2) is 55.0 Å². The van der Waals surface area contributed by atoms with Crippen LogP contribution >= 0.6 is 0 Å².